The van der Waals surface area contributed by atoms with Crippen LogP contribution in [0.15, 0.2) is 23.3 Å². The van der Waals surface area contributed by atoms with Crippen LogP contribution in [0.25, 0.3) is 0 Å². The zero-order chi connectivity index (χ0) is 16.1. The first kappa shape index (κ1) is 19.2. The quantitative estimate of drug-likeness (QED) is 0.411. The van der Waals surface area contributed by atoms with Crippen molar-refractivity contribution in [2.75, 3.05) is 44.7 Å². The van der Waals surface area contributed by atoms with Crippen molar-refractivity contribution in [1.29, 1.82) is 0 Å². The van der Waals surface area contributed by atoms with Crippen molar-refractivity contribution in [1.82, 2.24) is 20.5 Å². The molecule has 0 atom stereocenters. The van der Waals surface area contributed by atoms with Crippen molar-refractivity contribution < 1.29 is 0 Å². The number of nitrogens with one attached hydrogen (secondary N) is 2. The van der Waals surface area contributed by atoms with Crippen LogP contribution in [0.1, 0.15) is 25.3 Å². The van der Waals surface area contributed by atoms with Crippen LogP contribution in [0, 0.1) is 0 Å². The van der Waals surface area contributed by atoms with Gasteiger partial charge >= 0.3 is 0 Å². The van der Waals surface area contributed by atoms with Gasteiger partial charge in [-0.3, -0.25) is 0 Å². The molecule has 24 heavy (non-hydrogen) atoms. The Kier molecular flexibility index (Phi) is 7.54. The average molecular weight is 444 g/mol. The molecule has 2 fully saturated rings. The largest absolute Gasteiger partial charge is 0.357 e. The summed E-state index contributed by atoms with van der Waals surface area (Å²) in [4.78, 5) is 14.1. The summed E-state index contributed by atoms with van der Waals surface area (Å²) in [6.07, 6.45) is 4.39. The van der Waals surface area contributed by atoms with Crippen LogP contribution in [-0.4, -0.2) is 61.7 Å². The Morgan fingerprint density at radius 2 is 2.04 bits per heavy atom. The molecular formula is C17H29IN6. The van der Waals surface area contributed by atoms with Crippen molar-refractivity contribution in [2.24, 2.45) is 4.99 Å². The van der Waals surface area contributed by atoms with Gasteiger partial charge in [-0.2, -0.15) is 0 Å². The lowest BCUT2D eigenvalue weighted by Crippen LogP contribution is -2.45. The summed E-state index contributed by atoms with van der Waals surface area (Å²) in [7, 11) is 2.17. The highest BCUT2D eigenvalue weighted by Gasteiger charge is 2.22. The molecule has 1 aliphatic heterocycles. The summed E-state index contributed by atoms with van der Waals surface area (Å²) in [6.45, 7) is 7.89. The Morgan fingerprint density at radius 3 is 2.71 bits per heavy atom. The molecule has 0 unspecified atom stereocenters. The first-order valence-electron chi connectivity index (χ1n) is 8.68. The molecule has 0 amide bonds. The molecule has 134 valence electrons. The number of anilines is 1. The van der Waals surface area contributed by atoms with E-state index in [0.717, 1.165) is 44.5 Å². The van der Waals surface area contributed by atoms with Gasteiger partial charge in [0.05, 0.1) is 6.54 Å². The van der Waals surface area contributed by atoms with Gasteiger partial charge in [0.2, 0.25) is 0 Å². The van der Waals surface area contributed by atoms with Crippen LogP contribution in [0.4, 0.5) is 5.82 Å². The Labute approximate surface area is 162 Å². The molecule has 0 bridgehead atoms. The van der Waals surface area contributed by atoms with Crippen molar-refractivity contribution in [2.45, 2.75) is 32.4 Å². The smallest absolute Gasteiger partial charge is 0.191 e. The van der Waals surface area contributed by atoms with Crippen LogP contribution in [0.3, 0.4) is 0 Å². The van der Waals surface area contributed by atoms with Gasteiger partial charge in [-0.15, -0.1) is 24.0 Å². The predicted octanol–water partition coefficient (Wildman–Crippen LogP) is 1.67. The normalized spacial score (nSPS) is 18.9. The van der Waals surface area contributed by atoms with Gasteiger partial charge in [0, 0.05) is 50.5 Å². The number of aromatic nitrogens is 1. The Morgan fingerprint density at radius 1 is 1.29 bits per heavy atom. The minimum atomic E-state index is 0. The summed E-state index contributed by atoms with van der Waals surface area (Å²) < 4.78 is 0. The summed E-state index contributed by atoms with van der Waals surface area (Å²) >= 11 is 0. The van der Waals surface area contributed by atoms with E-state index in [9.17, 15) is 0 Å². The third kappa shape index (κ3) is 5.47. The Balaban J connectivity index is 0.00000208. The second-order valence-corrected chi connectivity index (χ2v) is 6.39. The lowest BCUT2D eigenvalue weighted by atomic mass is 10.2. The number of guanidine groups is 1. The van der Waals surface area contributed by atoms with Crippen molar-refractivity contribution >= 4 is 35.8 Å². The maximum atomic E-state index is 4.75. The van der Waals surface area contributed by atoms with Gasteiger partial charge < -0.3 is 20.4 Å². The number of aliphatic imine (C=N–C) groups is 1. The average Bonchev–Trinajstić information content (AvgIpc) is 3.38. The van der Waals surface area contributed by atoms with Crippen molar-refractivity contribution in [3.05, 3.63) is 23.9 Å². The number of likely N-dealkylation sites (N-methyl/N-ethyl adjacent to an activating group) is 1. The van der Waals surface area contributed by atoms with Gasteiger partial charge in [-0.1, -0.05) is 6.07 Å². The second kappa shape index (κ2) is 9.41. The highest BCUT2D eigenvalue weighted by Crippen LogP contribution is 2.20. The first-order valence-corrected chi connectivity index (χ1v) is 8.68. The molecule has 3 rings (SSSR count). The molecule has 1 saturated heterocycles. The molecule has 2 N–H and O–H groups in total. The molecule has 7 heteroatoms. The summed E-state index contributed by atoms with van der Waals surface area (Å²) in [5.74, 6) is 2.01. The van der Waals surface area contributed by atoms with Gasteiger partial charge in [0.1, 0.15) is 5.82 Å². The van der Waals surface area contributed by atoms with Gasteiger partial charge in [0.15, 0.2) is 5.96 Å². The van der Waals surface area contributed by atoms with Gasteiger partial charge in [0.25, 0.3) is 0 Å². The summed E-state index contributed by atoms with van der Waals surface area (Å²) in [5.41, 5.74) is 1.20. The fourth-order valence-corrected chi connectivity index (χ4v) is 2.76. The van der Waals surface area contributed by atoms with E-state index < -0.39 is 0 Å². The number of hydrogen-bond donors (Lipinski definition) is 2. The number of piperazine rings is 1. The van der Waals surface area contributed by atoms with Gasteiger partial charge in [-0.25, -0.2) is 9.98 Å². The van der Waals surface area contributed by atoms with Gasteiger partial charge in [-0.05, 0) is 32.9 Å². The van der Waals surface area contributed by atoms with E-state index in [2.05, 4.69) is 45.5 Å². The maximum absolute atomic E-state index is 4.75. The Bertz CT molecular complexity index is 538. The van der Waals surface area contributed by atoms with E-state index >= 15 is 0 Å². The number of pyridine rings is 1. The zero-order valence-electron chi connectivity index (χ0n) is 14.7. The number of rotatable bonds is 5. The standard InChI is InChI=1S/C17H28N6.HI/c1-3-18-17(21-15-6-7-15)20-13-14-5-4-8-19-16(14)23-11-9-22(2)10-12-23;/h4-5,8,15H,3,6-7,9-13H2,1-2H3,(H2,18,20,21);1H. The fourth-order valence-electron chi connectivity index (χ4n) is 2.76. The molecular weight excluding hydrogens is 415 g/mol. The molecule has 1 aromatic heterocycles. The summed E-state index contributed by atoms with van der Waals surface area (Å²) in [6, 6.07) is 4.76. The van der Waals surface area contributed by atoms with Crippen molar-refractivity contribution in [3.8, 4) is 0 Å². The summed E-state index contributed by atoms with van der Waals surface area (Å²) in [5, 5.41) is 6.79. The SMILES string of the molecule is CCNC(=NCc1cccnc1N1CCN(C)CC1)NC1CC1.I. The third-order valence-electron chi connectivity index (χ3n) is 4.34. The molecule has 2 aliphatic rings. The molecule has 0 radical (unpaired) electrons. The Hall–Kier alpha value is -1.09. The molecule has 1 aromatic rings. The van der Waals surface area contributed by atoms with Crippen LogP contribution < -0.4 is 15.5 Å². The zero-order valence-corrected chi connectivity index (χ0v) is 17.0. The van der Waals surface area contributed by atoms with Crippen LogP contribution in [0.2, 0.25) is 0 Å². The van der Waals surface area contributed by atoms with E-state index in [-0.39, 0.29) is 24.0 Å². The lowest BCUT2D eigenvalue weighted by molar-refractivity contribution is 0.312. The minimum absolute atomic E-state index is 0. The van der Waals surface area contributed by atoms with E-state index in [1.165, 1.54) is 18.4 Å². The number of halogens is 1. The second-order valence-electron chi connectivity index (χ2n) is 6.39. The van der Waals surface area contributed by atoms with Crippen molar-refractivity contribution in [3.63, 3.8) is 0 Å². The van der Waals surface area contributed by atoms with E-state index in [1.807, 2.05) is 12.3 Å². The molecule has 1 aliphatic carbocycles. The number of hydrogen-bond acceptors (Lipinski definition) is 4. The number of nitrogens with zero attached hydrogens (tertiary/aromatic N) is 4. The van der Waals surface area contributed by atoms with E-state index in [1.54, 1.807) is 0 Å². The topological polar surface area (TPSA) is 55.8 Å². The van der Waals surface area contributed by atoms with E-state index in [4.69, 9.17) is 4.99 Å². The molecule has 6 nitrogen and oxygen atoms in total. The molecule has 2 heterocycles. The molecule has 0 spiro atoms. The minimum Gasteiger partial charge on any atom is -0.357 e. The van der Waals surface area contributed by atoms with Crippen LogP contribution in [0.5, 0.6) is 0 Å². The van der Waals surface area contributed by atoms with Crippen LogP contribution in [-0.2, 0) is 6.54 Å². The van der Waals surface area contributed by atoms with Crippen LogP contribution >= 0.6 is 24.0 Å². The maximum Gasteiger partial charge on any atom is 0.191 e. The first-order chi connectivity index (χ1) is 11.3. The molecule has 1 saturated carbocycles. The molecule has 0 aromatic carbocycles. The predicted molar refractivity (Wildman–Crippen MR) is 110 cm³/mol. The highest BCUT2D eigenvalue weighted by atomic mass is 127. The fraction of sp³-hybridized carbons (Fsp3) is 0.647. The third-order valence-corrected chi connectivity index (χ3v) is 4.34. The monoisotopic (exact) mass is 444 g/mol. The highest BCUT2D eigenvalue weighted by molar-refractivity contribution is 14.0. The lowest BCUT2D eigenvalue weighted by Gasteiger charge is -2.34. The van der Waals surface area contributed by atoms with E-state index in [0.29, 0.717) is 12.6 Å².